The molecule has 2 heteroatoms. The summed E-state index contributed by atoms with van der Waals surface area (Å²) in [5, 5.41) is 0. The zero-order valence-electron chi connectivity index (χ0n) is 14.9. The SMILES string of the molecule is C[Si]1(C)CCCC(CCc2ccccc2)/C=C(/c2ccccc2)O1. The molecule has 126 valence electrons. The van der Waals surface area contributed by atoms with Crippen LogP contribution in [-0.4, -0.2) is 8.32 Å². The predicted molar refractivity (Wildman–Crippen MR) is 105 cm³/mol. The van der Waals surface area contributed by atoms with Gasteiger partial charge in [0.05, 0.1) is 0 Å². The largest absolute Gasteiger partial charge is 0.544 e. The molecule has 1 aliphatic rings. The monoisotopic (exact) mass is 336 g/mol. The molecule has 0 aromatic heterocycles. The molecule has 0 saturated carbocycles. The van der Waals surface area contributed by atoms with Crippen LogP contribution >= 0.6 is 0 Å². The van der Waals surface area contributed by atoms with Crippen molar-refractivity contribution in [3.63, 3.8) is 0 Å². The first kappa shape index (κ1) is 17.0. The standard InChI is InChI=1S/C22H28OSi/c1-24(2)17-9-12-20(16-15-19-10-5-3-6-11-19)18-22(23-24)21-13-7-4-8-14-21/h3-8,10-11,13-14,18,20H,9,12,15-17H2,1-2H3/b22-18-. The maximum absolute atomic E-state index is 6.55. The van der Waals surface area contributed by atoms with Crippen LogP contribution in [-0.2, 0) is 10.8 Å². The summed E-state index contributed by atoms with van der Waals surface area (Å²) >= 11 is 0. The van der Waals surface area contributed by atoms with Crippen molar-refractivity contribution in [3.05, 3.63) is 77.9 Å². The van der Waals surface area contributed by atoms with Crippen LogP contribution < -0.4 is 0 Å². The molecule has 3 rings (SSSR count). The Morgan fingerprint density at radius 1 is 0.958 bits per heavy atom. The number of rotatable bonds is 4. The van der Waals surface area contributed by atoms with Crippen LogP contribution in [0.5, 0.6) is 0 Å². The van der Waals surface area contributed by atoms with Crippen molar-refractivity contribution >= 4 is 14.1 Å². The Hall–Kier alpha value is -1.80. The van der Waals surface area contributed by atoms with Gasteiger partial charge in [-0.15, -0.1) is 0 Å². The van der Waals surface area contributed by atoms with Crippen molar-refractivity contribution in [2.45, 2.75) is 44.8 Å². The minimum absolute atomic E-state index is 0.602. The molecule has 2 aromatic rings. The normalized spacial score (nSPS) is 22.6. The lowest BCUT2D eigenvalue weighted by Gasteiger charge is -2.30. The molecule has 1 nitrogen and oxygen atoms in total. The van der Waals surface area contributed by atoms with Crippen LogP contribution in [0.2, 0.25) is 19.1 Å². The van der Waals surface area contributed by atoms with Gasteiger partial charge in [-0.3, -0.25) is 0 Å². The van der Waals surface area contributed by atoms with E-state index in [9.17, 15) is 0 Å². The third-order valence-corrected chi connectivity index (χ3v) is 7.16. The van der Waals surface area contributed by atoms with Crippen LogP contribution in [0.1, 0.15) is 30.4 Å². The Labute approximate surface area is 147 Å². The molecular formula is C22H28OSi. The minimum Gasteiger partial charge on any atom is -0.544 e. The zero-order chi connectivity index (χ0) is 16.8. The van der Waals surface area contributed by atoms with Gasteiger partial charge >= 0.3 is 0 Å². The molecule has 1 heterocycles. The highest BCUT2D eigenvalue weighted by molar-refractivity contribution is 6.71. The van der Waals surface area contributed by atoms with E-state index in [1.165, 1.54) is 36.4 Å². The van der Waals surface area contributed by atoms with Crippen molar-refractivity contribution in [3.8, 4) is 0 Å². The number of allylic oxidation sites excluding steroid dienone is 1. The van der Waals surface area contributed by atoms with E-state index in [1.54, 1.807) is 0 Å². The zero-order valence-corrected chi connectivity index (χ0v) is 15.9. The molecule has 0 bridgehead atoms. The smallest absolute Gasteiger partial charge is 0.245 e. The van der Waals surface area contributed by atoms with Crippen molar-refractivity contribution in [1.82, 2.24) is 0 Å². The summed E-state index contributed by atoms with van der Waals surface area (Å²) in [6.45, 7) is 4.68. The van der Waals surface area contributed by atoms with Gasteiger partial charge in [0, 0.05) is 5.56 Å². The third kappa shape index (κ3) is 4.84. The van der Waals surface area contributed by atoms with Crippen molar-refractivity contribution in [2.24, 2.45) is 5.92 Å². The first-order valence-electron chi connectivity index (χ1n) is 9.13. The number of hydrogen-bond donors (Lipinski definition) is 0. The van der Waals surface area contributed by atoms with Gasteiger partial charge in [0.2, 0.25) is 8.32 Å². The van der Waals surface area contributed by atoms with Crippen LogP contribution in [0, 0.1) is 5.92 Å². The highest BCUT2D eigenvalue weighted by Crippen LogP contribution is 2.32. The lowest BCUT2D eigenvalue weighted by molar-refractivity contribution is 0.454. The van der Waals surface area contributed by atoms with E-state index < -0.39 is 8.32 Å². The molecule has 0 saturated heterocycles. The second kappa shape index (κ2) is 7.85. The second-order valence-electron chi connectivity index (χ2n) is 7.44. The van der Waals surface area contributed by atoms with E-state index in [0.29, 0.717) is 5.92 Å². The van der Waals surface area contributed by atoms with E-state index >= 15 is 0 Å². The summed E-state index contributed by atoms with van der Waals surface area (Å²) in [6.07, 6.45) is 7.32. The van der Waals surface area contributed by atoms with Crippen LogP contribution in [0.15, 0.2) is 66.7 Å². The van der Waals surface area contributed by atoms with Crippen molar-refractivity contribution < 1.29 is 4.43 Å². The van der Waals surface area contributed by atoms with Gasteiger partial charge in [0.1, 0.15) is 5.76 Å². The van der Waals surface area contributed by atoms with Crippen LogP contribution in [0.4, 0.5) is 0 Å². The molecule has 1 aliphatic heterocycles. The molecule has 1 atom stereocenters. The summed E-state index contributed by atoms with van der Waals surface area (Å²) in [4.78, 5) is 0. The Morgan fingerprint density at radius 2 is 1.62 bits per heavy atom. The van der Waals surface area contributed by atoms with Gasteiger partial charge in [0.25, 0.3) is 0 Å². The predicted octanol–water partition coefficient (Wildman–Crippen LogP) is 6.29. The third-order valence-electron chi connectivity index (χ3n) is 4.83. The van der Waals surface area contributed by atoms with E-state index in [4.69, 9.17) is 4.43 Å². The average molecular weight is 337 g/mol. The molecule has 1 unspecified atom stereocenters. The summed E-state index contributed by atoms with van der Waals surface area (Å²) in [6, 6.07) is 22.7. The molecule has 0 N–H and O–H groups in total. The first-order valence-corrected chi connectivity index (χ1v) is 12.2. The molecular weight excluding hydrogens is 308 g/mol. The topological polar surface area (TPSA) is 9.23 Å². The fourth-order valence-corrected chi connectivity index (χ4v) is 5.39. The van der Waals surface area contributed by atoms with Gasteiger partial charge in [-0.25, -0.2) is 0 Å². The van der Waals surface area contributed by atoms with Crippen LogP contribution in [0.3, 0.4) is 0 Å². The van der Waals surface area contributed by atoms with Gasteiger partial charge < -0.3 is 4.43 Å². The maximum atomic E-state index is 6.55. The summed E-state index contributed by atoms with van der Waals surface area (Å²) in [7, 11) is -1.60. The van der Waals surface area contributed by atoms with E-state index in [1.807, 2.05) is 0 Å². The van der Waals surface area contributed by atoms with E-state index in [-0.39, 0.29) is 0 Å². The fourth-order valence-electron chi connectivity index (χ4n) is 3.45. The average Bonchev–Trinajstić information content (AvgIpc) is 2.58. The van der Waals surface area contributed by atoms with Gasteiger partial charge in [-0.05, 0) is 56.0 Å². The molecule has 24 heavy (non-hydrogen) atoms. The van der Waals surface area contributed by atoms with Gasteiger partial charge in [-0.2, -0.15) is 0 Å². The summed E-state index contributed by atoms with van der Waals surface area (Å²) in [5.41, 5.74) is 2.66. The Kier molecular flexibility index (Phi) is 5.57. The maximum Gasteiger partial charge on any atom is 0.245 e. The molecule has 0 radical (unpaired) electrons. The van der Waals surface area contributed by atoms with Crippen LogP contribution in [0.25, 0.3) is 5.76 Å². The Morgan fingerprint density at radius 3 is 2.33 bits per heavy atom. The number of benzene rings is 2. The molecule has 0 aliphatic carbocycles. The van der Waals surface area contributed by atoms with Gasteiger partial charge in [-0.1, -0.05) is 67.1 Å². The van der Waals surface area contributed by atoms with Crippen molar-refractivity contribution in [1.29, 1.82) is 0 Å². The summed E-state index contributed by atoms with van der Waals surface area (Å²) < 4.78 is 6.55. The van der Waals surface area contributed by atoms with Gasteiger partial charge in [0.15, 0.2) is 0 Å². The highest BCUT2D eigenvalue weighted by atomic mass is 28.4. The Bertz CT molecular complexity index is 661. The van der Waals surface area contributed by atoms with E-state index in [2.05, 4.69) is 79.8 Å². The molecule has 0 spiro atoms. The molecule has 0 fully saturated rings. The summed E-state index contributed by atoms with van der Waals surface area (Å²) in [5.74, 6) is 1.72. The van der Waals surface area contributed by atoms with Crippen molar-refractivity contribution in [2.75, 3.05) is 0 Å². The number of hydrogen-bond acceptors (Lipinski definition) is 1. The first-order chi connectivity index (χ1) is 11.6. The second-order valence-corrected chi connectivity index (χ2v) is 11.7. The number of aryl methyl sites for hydroxylation is 1. The lowest BCUT2D eigenvalue weighted by Crippen LogP contribution is -2.30. The fraction of sp³-hybridized carbons (Fsp3) is 0.364. The lowest BCUT2D eigenvalue weighted by atomic mass is 9.93. The quantitative estimate of drug-likeness (QED) is 0.596. The molecule has 2 aromatic carbocycles. The molecule has 0 amide bonds. The highest BCUT2D eigenvalue weighted by Gasteiger charge is 2.28. The minimum atomic E-state index is -1.60. The Balaban J connectivity index is 1.78. The van der Waals surface area contributed by atoms with E-state index in [0.717, 1.165) is 12.2 Å².